The largest absolute Gasteiger partial charge is 0.508 e. The summed E-state index contributed by atoms with van der Waals surface area (Å²) in [5, 5.41) is 11.0. The number of carbonyl (C=O) groups is 1. The van der Waals surface area contributed by atoms with E-state index in [0.29, 0.717) is 16.9 Å². The van der Waals surface area contributed by atoms with Crippen LogP contribution in [0.5, 0.6) is 17.2 Å². The van der Waals surface area contributed by atoms with Gasteiger partial charge in [0.15, 0.2) is 5.76 Å². The Labute approximate surface area is 182 Å². The van der Waals surface area contributed by atoms with Crippen LogP contribution in [0.15, 0.2) is 36.1 Å². The zero-order valence-electron chi connectivity index (χ0n) is 18.7. The molecule has 2 aromatic carbocycles. The van der Waals surface area contributed by atoms with Gasteiger partial charge < -0.3 is 24.0 Å². The van der Waals surface area contributed by atoms with Crippen LogP contribution in [0, 0.1) is 13.8 Å². The van der Waals surface area contributed by atoms with Gasteiger partial charge in [0.05, 0.1) is 12.7 Å². The standard InChI is InChI=1S/C25H28N2O4/c1-15-11-20-23(14-22(15)28)31-24(25(20)29)13-18-16(2)27(10-6-9-26(3)4)21-8-7-17(30-5)12-19(18)21/h7-8,11-14,28H,6,9-10H2,1-5H3. The number of rotatable bonds is 6. The quantitative estimate of drug-likeness (QED) is 0.593. The van der Waals surface area contributed by atoms with Gasteiger partial charge in [0.1, 0.15) is 17.2 Å². The fraction of sp³-hybridized carbons (Fsp3) is 0.320. The maximum atomic E-state index is 13.0. The molecule has 0 fully saturated rings. The number of nitrogens with zero attached hydrogens (tertiary/aromatic N) is 2. The van der Waals surface area contributed by atoms with Gasteiger partial charge in [-0.1, -0.05) is 0 Å². The number of allylic oxidation sites excluding steroid dienone is 1. The van der Waals surface area contributed by atoms with E-state index in [1.54, 1.807) is 20.1 Å². The van der Waals surface area contributed by atoms with E-state index >= 15 is 0 Å². The molecule has 0 unspecified atom stereocenters. The van der Waals surface area contributed by atoms with Crippen molar-refractivity contribution in [2.75, 3.05) is 27.7 Å². The fourth-order valence-corrected chi connectivity index (χ4v) is 4.09. The van der Waals surface area contributed by atoms with Gasteiger partial charge in [0.2, 0.25) is 5.78 Å². The van der Waals surface area contributed by atoms with Crippen LogP contribution in [0.25, 0.3) is 17.0 Å². The molecule has 0 saturated carbocycles. The van der Waals surface area contributed by atoms with E-state index in [2.05, 4.69) is 36.6 Å². The lowest BCUT2D eigenvalue weighted by Crippen LogP contribution is -2.15. The number of carbonyl (C=O) groups excluding carboxylic acids is 1. The number of ketones is 1. The first-order chi connectivity index (χ1) is 14.8. The van der Waals surface area contributed by atoms with Crippen LogP contribution in [0.2, 0.25) is 0 Å². The molecular weight excluding hydrogens is 392 g/mol. The Bertz CT molecular complexity index is 1200. The highest BCUT2D eigenvalue weighted by Crippen LogP contribution is 2.38. The molecule has 2 heterocycles. The lowest BCUT2D eigenvalue weighted by molar-refractivity contribution is 0.101. The third-order valence-corrected chi connectivity index (χ3v) is 5.83. The highest BCUT2D eigenvalue weighted by atomic mass is 16.5. The second-order valence-corrected chi connectivity index (χ2v) is 8.27. The number of fused-ring (bicyclic) bond motifs is 2. The van der Waals surface area contributed by atoms with Gasteiger partial charge in [-0.25, -0.2) is 0 Å². The number of hydrogen-bond donors (Lipinski definition) is 1. The Morgan fingerprint density at radius 2 is 1.97 bits per heavy atom. The number of phenols is 1. The molecule has 4 rings (SSSR count). The van der Waals surface area contributed by atoms with Crippen LogP contribution >= 0.6 is 0 Å². The minimum Gasteiger partial charge on any atom is -0.508 e. The third-order valence-electron chi connectivity index (χ3n) is 5.83. The van der Waals surface area contributed by atoms with Crippen LogP contribution in [-0.4, -0.2) is 48.1 Å². The molecule has 6 nitrogen and oxygen atoms in total. The first kappa shape index (κ1) is 21.0. The van der Waals surface area contributed by atoms with E-state index in [1.807, 2.05) is 18.2 Å². The number of aromatic nitrogens is 1. The maximum absolute atomic E-state index is 13.0. The van der Waals surface area contributed by atoms with Gasteiger partial charge in [0.25, 0.3) is 0 Å². The first-order valence-corrected chi connectivity index (χ1v) is 10.4. The summed E-state index contributed by atoms with van der Waals surface area (Å²) >= 11 is 0. The molecule has 0 bridgehead atoms. The van der Waals surface area contributed by atoms with Crippen molar-refractivity contribution in [3.05, 3.63) is 58.5 Å². The van der Waals surface area contributed by atoms with E-state index in [-0.39, 0.29) is 17.3 Å². The number of aromatic hydroxyl groups is 1. The summed E-state index contributed by atoms with van der Waals surface area (Å²) in [6, 6.07) is 9.20. The van der Waals surface area contributed by atoms with Crippen molar-refractivity contribution in [1.29, 1.82) is 0 Å². The van der Waals surface area contributed by atoms with Crippen LogP contribution < -0.4 is 9.47 Å². The predicted molar refractivity (Wildman–Crippen MR) is 122 cm³/mol. The van der Waals surface area contributed by atoms with Crippen molar-refractivity contribution < 1.29 is 19.4 Å². The Balaban J connectivity index is 1.80. The topological polar surface area (TPSA) is 63.9 Å². The number of Topliss-reactive ketones (excluding diaryl/α,β-unsaturated/α-hetero) is 1. The fourth-order valence-electron chi connectivity index (χ4n) is 4.09. The molecule has 0 amide bonds. The minimum absolute atomic E-state index is 0.117. The van der Waals surface area contributed by atoms with Gasteiger partial charge in [-0.2, -0.15) is 0 Å². The van der Waals surface area contributed by atoms with Crippen molar-refractivity contribution in [3.63, 3.8) is 0 Å². The summed E-state index contributed by atoms with van der Waals surface area (Å²) < 4.78 is 13.6. The van der Waals surface area contributed by atoms with Crippen molar-refractivity contribution in [3.8, 4) is 17.2 Å². The Morgan fingerprint density at radius 3 is 2.68 bits per heavy atom. The Morgan fingerprint density at radius 1 is 1.19 bits per heavy atom. The van der Waals surface area contributed by atoms with Crippen molar-refractivity contribution in [2.24, 2.45) is 0 Å². The number of phenolic OH excluding ortho intramolecular Hbond substituents is 1. The van der Waals surface area contributed by atoms with Crippen molar-refractivity contribution in [1.82, 2.24) is 9.47 Å². The summed E-state index contributed by atoms with van der Waals surface area (Å²) in [4.78, 5) is 15.2. The van der Waals surface area contributed by atoms with Gasteiger partial charge >= 0.3 is 0 Å². The molecule has 1 aromatic heterocycles. The summed E-state index contributed by atoms with van der Waals surface area (Å²) in [7, 11) is 5.79. The van der Waals surface area contributed by atoms with E-state index in [1.165, 1.54) is 6.07 Å². The lowest BCUT2D eigenvalue weighted by atomic mass is 10.0. The van der Waals surface area contributed by atoms with E-state index < -0.39 is 0 Å². The second kappa shape index (κ2) is 8.12. The molecule has 0 spiro atoms. The number of ether oxygens (including phenoxy) is 2. The molecule has 0 saturated heterocycles. The van der Waals surface area contributed by atoms with Crippen molar-refractivity contribution in [2.45, 2.75) is 26.8 Å². The molecular formula is C25H28N2O4. The molecule has 0 radical (unpaired) electrons. The molecule has 3 aromatic rings. The van der Waals surface area contributed by atoms with Gasteiger partial charge in [0, 0.05) is 34.8 Å². The normalized spacial score (nSPS) is 14.5. The SMILES string of the molecule is COc1ccc2c(c1)c(C=C1Oc3cc(O)c(C)cc3C1=O)c(C)n2CCCN(C)C. The molecule has 1 N–H and O–H groups in total. The summed E-state index contributed by atoms with van der Waals surface area (Å²) in [6.07, 6.45) is 2.83. The molecule has 0 atom stereocenters. The highest BCUT2D eigenvalue weighted by Gasteiger charge is 2.29. The van der Waals surface area contributed by atoms with E-state index in [9.17, 15) is 9.90 Å². The average Bonchev–Trinajstić information content (AvgIpc) is 3.17. The Kier molecular flexibility index (Phi) is 5.50. The molecule has 0 aliphatic carbocycles. The minimum atomic E-state index is -0.172. The van der Waals surface area contributed by atoms with E-state index in [4.69, 9.17) is 9.47 Å². The van der Waals surface area contributed by atoms with Crippen molar-refractivity contribution >= 4 is 22.8 Å². The Hall–Kier alpha value is -3.25. The summed E-state index contributed by atoms with van der Waals surface area (Å²) in [5.74, 6) is 1.36. The first-order valence-electron chi connectivity index (χ1n) is 10.4. The van der Waals surface area contributed by atoms with Gasteiger partial charge in [-0.05, 0) is 76.8 Å². The highest BCUT2D eigenvalue weighted by molar-refractivity contribution is 6.15. The maximum Gasteiger partial charge on any atom is 0.231 e. The smallest absolute Gasteiger partial charge is 0.231 e. The lowest BCUT2D eigenvalue weighted by Gasteiger charge is -2.12. The number of methoxy groups -OCH3 is 1. The molecule has 1 aliphatic rings. The number of benzene rings is 2. The predicted octanol–water partition coefficient (Wildman–Crippen LogP) is 4.54. The van der Waals surface area contributed by atoms with Crippen LogP contribution in [0.3, 0.4) is 0 Å². The van der Waals surface area contributed by atoms with E-state index in [0.717, 1.165) is 47.4 Å². The summed E-state index contributed by atoms with van der Waals surface area (Å²) in [6.45, 7) is 5.70. The third kappa shape index (κ3) is 3.79. The number of hydrogen-bond acceptors (Lipinski definition) is 5. The monoisotopic (exact) mass is 420 g/mol. The number of aryl methyl sites for hydroxylation is 2. The zero-order valence-corrected chi connectivity index (χ0v) is 18.7. The molecule has 31 heavy (non-hydrogen) atoms. The molecule has 162 valence electrons. The van der Waals surface area contributed by atoms with Crippen LogP contribution in [-0.2, 0) is 6.54 Å². The van der Waals surface area contributed by atoms with Crippen LogP contribution in [0.4, 0.5) is 0 Å². The van der Waals surface area contributed by atoms with Crippen LogP contribution in [0.1, 0.15) is 33.6 Å². The van der Waals surface area contributed by atoms with Gasteiger partial charge in [-0.15, -0.1) is 0 Å². The second-order valence-electron chi connectivity index (χ2n) is 8.27. The molecule has 1 aliphatic heterocycles. The summed E-state index contributed by atoms with van der Waals surface area (Å²) in [5.41, 5.74) is 4.24. The average molecular weight is 421 g/mol. The van der Waals surface area contributed by atoms with Gasteiger partial charge in [-0.3, -0.25) is 4.79 Å². The zero-order chi connectivity index (χ0) is 22.3. The molecule has 6 heteroatoms.